The van der Waals surface area contributed by atoms with Crippen molar-refractivity contribution in [1.29, 1.82) is 0 Å². The maximum atomic E-state index is 12.8. The van der Waals surface area contributed by atoms with Gasteiger partial charge in [0.2, 0.25) is 11.8 Å². The van der Waals surface area contributed by atoms with Crippen molar-refractivity contribution < 1.29 is 19.1 Å². The predicted molar refractivity (Wildman–Crippen MR) is 107 cm³/mol. The number of aryl methyl sites for hydroxylation is 1. The van der Waals surface area contributed by atoms with Crippen LogP contribution in [0.3, 0.4) is 0 Å². The van der Waals surface area contributed by atoms with Crippen LogP contribution in [0.25, 0.3) is 0 Å². The Bertz CT molecular complexity index is 926. The molecule has 146 valence electrons. The number of hydrogen-bond donors (Lipinski definition) is 2. The fourth-order valence-corrected chi connectivity index (χ4v) is 3.29. The van der Waals surface area contributed by atoms with Gasteiger partial charge in [-0.05, 0) is 36.8 Å². The van der Waals surface area contributed by atoms with Crippen molar-refractivity contribution in [3.8, 4) is 5.75 Å². The first-order valence-electron chi connectivity index (χ1n) is 9.01. The van der Waals surface area contributed by atoms with Gasteiger partial charge in [-0.15, -0.1) is 0 Å². The molecule has 0 aliphatic carbocycles. The highest BCUT2D eigenvalue weighted by Crippen LogP contribution is 2.34. The van der Waals surface area contributed by atoms with Crippen molar-refractivity contribution in [1.82, 2.24) is 5.32 Å². The van der Waals surface area contributed by atoms with Crippen LogP contribution in [0.4, 0.5) is 11.4 Å². The largest absolute Gasteiger partial charge is 0.495 e. The third-order valence-corrected chi connectivity index (χ3v) is 4.78. The van der Waals surface area contributed by atoms with Gasteiger partial charge in [0.1, 0.15) is 5.75 Å². The molecule has 0 aromatic heterocycles. The number of carbonyl (C=O) groups excluding carboxylic acids is 3. The monoisotopic (exact) mass is 381 g/mol. The van der Waals surface area contributed by atoms with Gasteiger partial charge in [0, 0.05) is 20.0 Å². The van der Waals surface area contributed by atoms with Gasteiger partial charge in [-0.1, -0.05) is 18.2 Å². The second kappa shape index (κ2) is 8.12. The number of methoxy groups -OCH3 is 1. The first kappa shape index (κ1) is 19.4. The summed E-state index contributed by atoms with van der Waals surface area (Å²) < 4.78 is 5.37. The van der Waals surface area contributed by atoms with E-state index in [4.69, 9.17) is 4.74 Å². The highest BCUT2D eigenvalue weighted by atomic mass is 16.5. The first-order chi connectivity index (χ1) is 13.4. The van der Waals surface area contributed by atoms with Gasteiger partial charge in [-0.2, -0.15) is 0 Å². The summed E-state index contributed by atoms with van der Waals surface area (Å²) >= 11 is 0. The lowest BCUT2D eigenvalue weighted by atomic mass is 10.1. The van der Waals surface area contributed by atoms with Gasteiger partial charge in [-0.3, -0.25) is 14.4 Å². The third-order valence-electron chi connectivity index (χ3n) is 4.78. The minimum absolute atomic E-state index is 0.102. The Morgan fingerprint density at radius 2 is 1.93 bits per heavy atom. The summed E-state index contributed by atoms with van der Waals surface area (Å²) in [6.07, 6.45) is 0.102. The molecule has 3 amide bonds. The van der Waals surface area contributed by atoms with Crippen LogP contribution < -0.4 is 20.3 Å². The average molecular weight is 381 g/mol. The average Bonchev–Trinajstić information content (AvgIpc) is 3.09. The summed E-state index contributed by atoms with van der Waals surface area (Å²) in [4.78, 5) is 38.9. The predicted octanol–water partition coefficient (Wildman–Crippen LogP) is 2.35. The Kier molecular flexibility index (Phi) is 5.63. The Hall–Kier alpha value is -3.35. The highest BCUT2D eigenvalue weighted by molar-refractivity contribution is 6.07. The smallest absolute Gasteiger partial charge is 0.253 e. The van der Waals surface area contributed by atoms with E-state index in [0.29, 0.717) is 22.7 Å². The van der Waals surface area contributed by atoms with Crippen LogP contribution in [0.1, 0.15) is 22.3 Å². The SMILES string of the molecule is CNC(=O)c1ccccc1NC(=O)C1CC(=O)N(c2cc(C)ccc2OC)C1. The first-order valence-corrected chi connectivity index (χ1v) is 9.01. The van der Waals surface area contributed by atoms with Gasteiger partial charge < -0.3 is 20.3 Å². The van der Waals surface area contributed by atoms with Gasteiger partial charge in [0.05, 0.1) is 30.0 Å². The van der Waals surface area contributed by atoms with E-state index < -0.39 is 5.92 Å². The number of nitrogens with zero attached hydrogens (tertiary/aromatic N) is 1. The zero-order chi connectivity index (χ0) is 20.3. The van der Waals surface area contributed by atoms with Crippen molar-refractivity contribution in [2.75, 3.05) is 30.9 Å². The van der Waals surface area contributed by atoms with E-state index in [-0.39, 0.29) is 30.7 Å². The lowest BCUT2D eigenvalue weighted by Gasteiger charge is -2.20. The van der Waals surface area contributed by atoms with Crippen LogP contribution in [0.15, 0.2) is 42.5 Å². The van der Waals surface area contributed by atoms with Gasteiger partial charge in [0.15, 0.2) is 0 Å². The van der Waals surface area contributed by atoms with Crippen LogP contribution in [-0.4, -0.2) is 38.4 Å². The van der Waals surface area contributed by atoms with E-state index in [1.54, 1.807) is 36.3 Å². The number of anilines is 2. The zero-order valence-corrected chi connectivity index (χ0v) is 16.1. The van der Waals surface area contributed by atoms with Crippen molar-refractivity contribution in [3.63, 3.8) is 0 Å². The van der Waals surface area contributed by atoms with Crippen molar-refractivity contribution >= 4 is 29.1 Å². The summed E-state index contributed by atoms with van der Waals surface area (Å²) in [7, 11) is 3.08. The van der Waals surface area contributed by atoms with Gasteiger partial charge in [0.25, 0.3) is 5.91 Å². The summed E-state index contributed by atoms with van der Waals surface area (Å²) in [5.41, 5.74) is 2.45. The van der Waals surface area contributed by atoms with E-state index in [1.807, 2.05) is 25.1 Å². The zero-order valence-electron chi connectivity index (χ0n) is 16.1. The van der Waals surface area contributed by atoms with E-state index in [2.05, 4.69) is 10.6 Å². The van der Waals surface area contributed by atoms with Gasteiger partial charge in [-0.25, -0.2) is 0 Å². The maximum Gasteiger partial charge on any atom is 0.253 e. The van der Waals surface area contributed by atoms with E-state index in [0.717, 1.165) is 5.56 Å². The molecular formula is C21H23N3O4. The number of hydrogen-bond acceptors (Lipinski definition) is 4. The van der Waals surface area contributed by atoms with Crippen molar-refractivity contribution in [2.45, 2.75) is 13.3 Å². The number of amides is 3. The molecule has 7 nitrogen and oxygen atoms in total. The van der Waals surface area contributed by atoms with Crippen LogP contribution in [0, 0.1) is 12.8 Å². The molecule has 7 heteroatoms. The Morgan fingerprint density at radius 1 is 1.18 bits per heavy atom. The summed E-state index contributed by atoms with van der Waals surface area (Å²) in [5.74, 6) is -0.646. The molecule has 1 unspecified atom stereocenters. The number of benzene rings is 2. The molecule has 0 spiro atoms. The van der Waals surface area contributed by atoms with E-state index in [1.165, 1.54) is 7.05 Å². The molecule has 1 fully saturated rings. The highest BCUT2D eigenvalue weighted by Gasteiger charge is 2.36. The fraction of sp³-hybridized carbons (Fsp3) is 0.286. The summed E-state index contributed by atoms with van der Waals surface area (Å²) in [5, 5.41) is 5.34. The lowest BCUT2D eigenvalue weighted by molar-refractivity contribution is -0.122. The minimum Gasteiger partial charge on any atom is -0.495 e. The number of carbonyl (C=O) groups is 3. The molecule has 1 aliphatic heterocycles. The molecule has 2 aromatic carbocycles. The Morgan fingerprint density at radius 3 is 2.64 bits per heavy atom. The number of para-hydroxylation sites is 1. The molecular weight excluding hydrogens is 358 g/mol. The number of nitrogens with one attached hydrogen (secondary N) is 2. The van der Waals surface area contributed by atoms with Crippen LogP contribution in [-0.2, 0) is 9.59 Å². The van der Waals surface area contributed by atoms with E-state index >= 15 is 0 Å². The molecule has 1 atom stereocenters. The van der Waals surface area contributed by atoms with E-state index in [9.17, 15) is 14.4 Å². The summed E-state index contributed by atoms with van der Waals surface area (Å²) in [6.45, 7) is 2.19. The third kappa shape index (κ3) is 3.83. The Balaban J connectivity index is 1.79. The quantitative estimate of drug-likeness (QED) is 0.832. The van der Waals surface area contributed by atoms with Crippen LogP contribution in [0.2, 0.25) is 0 Å². The molecule has 2 aromatic rings. The van der Waals surface area contributed by atoms with Crippen molar-refractivity contribution in [3.05, 3.63) is 53.6 Å². The van der Waals surface area contributed by atoms with Crippen LogP contribution in [0.5, 0.6) is 5.75 Å². The molecule has 0 bridgehead atoms. The molecule has 28 heavy (non-hydrogen) atoms. The number of rotatable bonds is 5. The van der Waals surface area contributed by atoms with Gasteiger partial charge >= 0.3 is 0 Å². The molecule has 0 saturated carbocycles. The molecule has 1 aliphatic rings. The molecule has 2 N–H and O–H groups in total. The normalized spacial score (nSPS) is 16.0. The van der Waals surface area contributed by atoms with Crippen molar-refractivity contribution in [2.24, 2.45) is 5.92 Å². The number of ether oxygens (including phenoxy) is 1. The molecule has 1 heterocycles. The second-order valence-corrected chi connectivity index (χ2v) is 6.69. The topological polar surface area (TPSA) is 87.7 Å². The minimum atomic E-state index is -0.518. The van der Waals surface area contributed by atoms with Crippen LogP contribution >= 0.6 is 0 Å². The molecule has 0 radical (unpaired) electrons. The second-order valence-electron chi connectivity index (χ2n) is 6.69. The fourth-order valence-electron chi connectivity index (χ4n) is 3.29. The molecule has 1 saturated heterocycles. The standard InChI is InChI=1S/C21H23N3O4/c1-13-8-9-18(28-3)17(10-13)24-12-14(11-19(24)25)20(26)23-16-7-5-4-6-15(16)21(27)22-2/h4-10,14H,11-12H2,1-3H3,(H,22,27)(H,23,26). The Labute approximate surface area is 163 Å². The summed E-state index contributed by atoms with van der Waals surface area (Å²) in [6, 6.07) is 12.4. The lowest BCUT2D eigenvalue weighted by Crippen LogP contribution is -2.29. The molecule has 3 rings (SSSR count). The maximum absolute atomic E-state index is 12.8.